The Morgan fingerprint density at radius 3 is 2.45 bits per heavy atom. The van der Waals surface area contributed by atoms with Gasteiger partial charge in [0.25, 0.3) is 5.91 Å². The van der Waals surface area contributed by atoms with Gasteiger partial charge in [-0.25, -0.2) is 0 Å². The monoisotopic (exact) mass is 630 g/mol. The molecular formula is C39H38N2O6. The van der Waals surface area contributed by atoms with Gasteiger partial charge in [0.05, 0.1) is 13.2 Å². The number of allylic oxidation sites excluding steroid dienone is 1. The fourth-order valence-corrected chi connectivity index (χ4v) is 7.15. The van der Waals surface area contributed by atoms with Crippen molar-refractivity contribution in [3.8, 4) is 22.6 Å². The van der Waals surface area contributed by atoms with Crippen LogP contribution < -0.4 is 9.47 Å². The number of hydrogen-bond donors (Lipinski definition) is 1. The van der Waals surface area contributed by atoms with Gasteiger partial charge in [0, 0.05) is 45.1 Å². The number of fused-ring (bicyclic) bond motifs is 4. The van der Waals surface area contributed by atoms with E-state index in [1.807, 2.05) is 47.4 Å². The minimum absolute atomic E-state index is 0.00274. The lowest BCUT2D eigenvalue weighted by Crippen LogP contribution is -2.49. The van der Waals surface area contributed by atoms with Gasteiger partial charge in [-0.1, -0.05) is 72.8 Å². The van der Waals surface area contributed by atoms with Gasteiger partial charge in [-0.05, 0) is 69.1 Å². The molecule has 1 amide bonds. The molecule has 3 heterocycles. The standard InChI is InChI=1S/C39H38N2O6/c42-23-26-8-10-27(11-9-26)24-44-38-21-30(32-6-3-7-33-31-5-2-1-4-29(31)19-34(32)33)20-37(47-38)39(43)41-16-14-40(15-17-41)22-28-12-13-35-36(18-28)46-25-45-35/h1-13,18,20,30,38,42H,14-17,19,21-25H2. The van der Waals surface area contributed by atoms with Crippen LogP contribution in [0.2, 0.25) is 0 Å². The Morgan fingerprint density at radius 2 is 1.60 bits per heavy atom. The normalized spacial score (nSPS) is 19.9. The predicted octanol–water partition coefficient (Wildman–Crippen LogP) is 5.75. The highest BCUT2D eigenvalue weighted by molar-refractivity contribution is 5.92. The van der Waals surface area contributed by atoms with Crippen molar-refractivity contribution in [2.24, 2.45) is 0 Å². The molecule has 4 aliphatic rings. The Labute approximate surface area is 274 Å². The van der Waals surface area contributed by atoms with Crippen molar-refractivity contribution in [1.29, 1.82) is 0 Å². The predicted molar refractivity (Wildman–Crippen MR) is 177 cm³/mol. The lowest BCUT2D eigenvalue weighted by molar-refractivity contribution is -0.157. The molecule has 1 N–H and O–H groups in total. The summed E-state index contributed by atoms with van der Waals surface area (Å²) < 4.78 is 23.7. The van der Waals surface area contributed by atoms with Gasteiger partial charge in [0.2, 0.25) is 13.1 Å². The molecule has 0 radical (unpaired) electrons. The van der Waals surface area contributed by atoms with E-state index in [0.717, 1.165) is 48.7 Å². The van der Waals surface area contributed by atoms with Crippen molar-refractivity contribution >= 4 is 5.91 Å². The number of carbonyl (C=O) groups is 1. The number of carbonyl (C=O) groups excluding carboxylic acids is 1. The Balaban J connectivity index is 0.995. The SMILES string of the molecule is O=C(C1=CC(c2cccc3c2Cc2ccccc2-3)CC(OCc2ccc(CO)cc2)O1)N1CCN(Cc2ccc3c(c2)OCO3)CC1. The van der Waals surface area contributed by atoms with Crippen molar-refractivity contribution in [2.45, 2.75) is 44.8 Å². The number of rotatable bonds is 8. The molecule has 0 bridgehead atoms. The van der Waals surface area contributed by atoms with E-state index in [4.69, 9.17) is 18.9 Å². The first-order valence-corrected chi connectivity index (χ1v) is 16.4. The molecule has 47 heavy (non-hydrogen) atoms. The maximum absolute atomic E-state index is 14.0. The maximum Gasteiger partial charge on any atom is 0.288 e. The van der Waals surface area contributed by atoms with E-state index in [1.54, 1.807) is 0 Å². The third-order valence-electron chi connectivity index (χ3n) is 9.70. The second-order valence-corrected chi connectivity index (χ2v) is 12.7. The van der Waals surface area contributed by atoms with Gasteiger partial charge in [0.1, 0.15) is 0 Å². The van der Waals surface area contributed by atoms with Gasteiger partial charge in [-0.2, -0.15) is 0 Å². The summed E-state index contributed by atoms with van der Waals surface area (Å²) >= 11 is 0. The van der Waals surface area contributed by atoms with Crippen LogP contribution in [0.25, 0.3) is 11.1 Å². The number of hydrogen-bond acceptors (Lipinski definition) is 7. The number of piperazine rings is 1. The molecule has 8 nitrogen and oxygen atoms in total. The van der Waals surface area contributed by atoms with Crippen LogP contribution in [0, 0.1) is 0 Å². The minimum atomic E-state index is -0.576. The highest BCUT2D eigenvalue weighted by Gasteiger charge is 2.34. The lowest BCUT2D eigenvalue weighted by Gasteiger charge is -2.37. The van der Waals surface area contributed by atoms with Crippen molar-refractivity contribution < 1.29 is 28.8 Å². The fourth-order valence-electron chi connectivity index (χ4n) is 7.15. The molecule has 3 aliphatic heterocycles. The van der Waals surface area contributed by atoms with Gasteiger partial charge < -0.3 is 29.0 Å². The highest BCUT2D eigenvalue weighted by Crippen LogP contribution is 2.43. The molecular weight excluding hydrogens is 592 g/mol. The van der Waals surface area contributed by atoms with Crippen LogP contribution in [0.4, 0.5) is 0 Å². The van der Waals surface area contributed by atoms with Gasteiger partial charge in [0.15, 0.2) is 17.3 Å². The Morgan fingerprint density at radius 1 is 0.830 bits per heavy atom. The van der Waals surface area contributed by atoms with Crippen LogP contribution in [0.1, 0.15) is 45.7 Å². The largest absolute Gasteiger partial charge is 0.459 e. The quantitative estimate of drug-likeness (QED) is 0.234. The Bertz CT molecular complexity index is 1810. The topological polar surface area (TPSA) is 80.7 Å². The average molecular weight is 631 g/mol. The molecule has 2 unspecified atom stereocenters. The van der Waals surface area contributed by atoms with Crippen LogP contribution >= 0.6 is 0 Å². The summed E-state index contributed by atoms with van der Waals surface area (Å²) in [5.41, 5.74) is 9.44. The van der Waals surface area contributed by atoms with Gasteiger partial charge in [-0.3, -0.25) is 9.69 Å². The summed E-state index contributed by atoms with van der Waals surface area (Å²) in [6, 6.07) is 28.9. The van der Waals surface area contributed by atoms with E-state index in [2.05, 4.69) is 53.4 Å². The van der Waals surface area contributed by atoms with Crippen LogP contribution in [-0.2, 0) is 40.4 Å². The highest BCUT2D eigenvalue weighted by atomic mass is 16.7. The maximum atomic E-state index is 14.0. The van der Waals surface area contributed by atoms with Crippen LogP contribution in [0.5, 0.6) is 11.5 Å². The number of amides is 1. The summed E-state index contributed by atoms with van der Waals surface area (Å²) in [7, 11) is 0. The molecule has 1 aliphatic carbocycles. The number of ether oxygens (including phenoxy) is 4. The van der Waals surface area contributed by atoms with E-state index in [1.165, 1.54) is 33.4 Å². The van der Waals surface area contributed by atoms with Gasteiger partial charge in [-0.15, -0.1) is 0 Å². The van der Waals surface area contributed by atoms with Gasteiger partial charge >= 0.3 is 0 Å². The molecule has 1 fully saturated rings. The summed E-state index contributed by atoms with van der Waals surface area (Å²) in [4.78, 5) is 18.3. The third kappa shape index (κ3) is 6.12. The summed E-state index contributed by atoms with van der Waals surface area (Å²) in [6.07, 6.45) is 2.94. The zero-order valence-electron chi connectivity index (χ0n) is 26.3. The second kappa shape index (κ2) is 12.9. The summed E-state index contributed by atoms with van der Waals surface area (Å²) in [6.45, 7) is 4.18. The van der Waals surface area contributed by atoms with Crippen LogP contribution in [0.15, 0.2) is 96.8 Å². The summed E-state index contributed by atoms with van der Waals surface area (Å²) in [5.74, 6) is 1.82. The van der Waals surface area contributed by atoms with E-state index in [9.17, 15) is 9.90 Å². The number of aliphatic hydroxyl groups excluding tert-OH is 1. The molecule has 240 valence electrons. The lowest BCUT2D eigenvalue weighted by atomic mass is 9.87. The first-order valence-electron chi connectivity index (χ1n) is 16.4. The van der Waals surface area contributed by atoms with Crippen molar-refractivity contribution in [1.82, 2.24) is 9.80 Å². The summed E-state index contributed by atoms with van der Waals surface area (Å²) in [5, 5.41) is 9.42. The number of benzene rings is 4. The molecule has 8 heteroatoms. The van der Waals surface area contributed by atoms with Crippen LogP contribution in [-0.4, -0.2) is 60.1 Å². The molecule has 1 saturated heterocycles. The third-order valence-corrected chi connectivity index (χ3v) is 9.70. The first kappa shape index (κ1) is 29.8. The van der Waals surface area contributed by atoms with E-state index < -0.39 is 6.29 Å². The average Bonchev–Trinajstić information content (AvgIpc) is 3.75. The van der Waals surface area contributed by atoms with E-state index >= 15 is 0 Å². The van der Waals surface area contributed by atoms with E-state index in [0.29, 0.717) is 31.9 Å². The number of nitrogens with zero attached hydrogens (tertiary/aromatic N) is 2. The fraction of sp³-hybridized carbons (Fsp3) is 0.308. The van der Waals surface area contributed by atoms with E-state index in [-0.39, 0.29) is 25.2 Å². The minimum Gasteiger partial charge on any atom is -0.459 e. The Kier molecular flexibility index (Phi) is 8.15. The van der Waals surface area contributed by atoms with Crippen molar-refractivity contribution in [3.05, 3.63) is 130 Å². The molecule has 0 saturated carbocycles. The Hall–Kier alpha value is -4.63. The van der Waals surface area contributed by atoms with Crippen LogP contribution in [0.3, 0.4) is 0 Å². The zero-order chi connectivity index (χ0) is 31.7. The second-order valence-electron chi connectivity index (χ2n) is 12.7. The number of aliphatic hydroxyl groups is 1. The smallest absolute Gasteiger partial charge is 0.288 e. The molecule has 0 spiro atoms. The van der Waals surface area contributed by atoms with Crippen molar-refractivity contribution in [2.75, 3.05) is 33.0 Å². The first-order chi connectivity index (χ1) is 23.1. The molecule has 4 aromatic carbocycles. The molecule has 8 rings (SSSR count). The zero-order valence-corrected chi connectivity index (χ0v) is 26.3. The van der Waals surface area contributed by atoms with Crippen molar-refractivity contribution in [3.63, 3.8) is 0 Å². The molecule has 0 aromatic heterocycles. The molecule has 4 aromatic rings. The molecule has 2 atom stereocenters.